The topological polar surface area (TPSA) is 69.6 Å². The SMILES string of the molecule is O=C1CC=CC=C1N(O)C(=O)c1ccc2c(c1)CC[C@]1(CCNC1)C2. The summed E-state index contributed by atoms with van der Waals surface area (Å²) in [5.41, 5.74) is 3.30. The van der Waals surface area contributed by atoms with Crippen molar-refractivity contribution in [3.8, 4) is 0 Å². The van der Waals surface area contributed by atoms with Gasteiger partial charge in [0.05, 0.1) is 0 Å². The summed E-state index contributed by atoms with van der Waals surface area (Å²) in [7, 11) is 0. The molecule has 4 rings (SSSR count). The van der Waals surface area contributed by atoms with Crippen LogP contribution in [0.1, 0.15) is 40.7 Å². The minimum absolute atomic E-state index is 0.0289. The summed E-state index contributed by atoms with van der Waals surface area (Å²) in [5.74, 6) is -0.812. The Bertz CT molecular complexity index is 788. The van der Waals surface area contributed by atoms with Gasteiger partial charge >= 0.3 is 0 Å². The molecule has 2 N–H and O–H groups in total. The highest BCUT2D eigenvalue weighted by Crippen LogP contribution is 2.40. The zero-order valence-corrected chi connectivity index (χ0v) is 14.1. The second-order valence-corrected chi connectivity index (χ2v) is 7.31. The van der Waals surface area contributed by atoms with Gasteiger partial charge in [-0.25, -0.2) is 0 Å². The molecule has 0 radical (unpaired) electrons. The van der Waals surface area contributed by atoms with Crippen LogP contribution in [0.4, 0.5) is 0 Å². The van der Waals surface area contributed by atoms with Crippen molar-refractivity contribution in [2.45, 2.75) is 32.1 Å². The summed E-state index contributed by atoms with van der Waals surface area (Å²) < 4.78 is 0. The lowest BCUT2D eigenvalue weighted by Crippen LogP contribution is -2.33. The van der Waals surface area contributed by atoms with Gasteiger partial charge in [0.1, 0.15) is 5.70 Å². The normalized spacial score (nSPS) is 25.0. The number of ketones is 1. The van der Waals surface area contributed by atoms with Gasteiger partial charge in [-0.3, -0.25) is 14.8 Å². The molecule has 1 atom stereocenters. The fraction of sp³-hybridized carbons (Fsp3) is 0.400. The zero-order valence-electron chi connectivity index (χ0n) is 14.1. The van der Waals surface area contributed by atoms with Crippen LogP contribution in [0.15, 0.2) is 42.1 Å². The van der Waals surface area contributed by atoms with E-state index in [1.54, 1.807) is 18.2 Å². The van der Waals surface area contributed by atoms with Gasteiger partial charge in [0, 0.05) is 18.5 Å². The molecule has 0 saturated carbocycles. The monoisotopic (exact) mass is 338 g/mol. The quantitative estimate of drug-likeness (QED) is 0.642. The minimum atomic E-state index is -0.555. The maximum absolute atomic E-state index is 12.6. The molecule has 1 fully saturated rings. The van der Waals surface area contributed by atoms with Crippen molar-refractivity contribution >= 4 is 11.7 Å². The first-order valence-electron chi connectivity index (χ1n) is 8.84. The highest BCUT2D eigenvalue weighted by Gasteiger charge is 2.37. The number of nitrogens with one attached hydrogen (secondary N) is 1. The Kier molecular flexibility index (Phi) is 4.06. The highest BCUT2D eigenvalue weighted by atomic mass is 16.5. The van der Waals surface area contributed by atoms with Crippen LogP contribution in [0.25, 0.3) is 0 Å². The molecule has 1 aromatic carbocycles. The number of benzene rings is 1. The third-order valence-corrected chi connectivity index (χ3v) is 5.68. The van der Waals surface area contributed by atoms with E-state index in [-0.39, 0.29) is 17.9 Å². The number of Topliss-reactive ketones (excluding diaryl/α,β-unsaturated/α-hetero) is 1. The average Bonchev–Trinajstić information content (AvgIpc) is 3.08. The number of fused-ring (bicyclic) bond motifs is 1. The summed E-state index contributed by atoms with van der Waals surface area (Å²) in [6.07, 6.45) is 9.39. The van der Waals surface area contributed by atoms with E-state index in [4.69, 9.17) is 0 Å². The van der Waals surface area contributed by atoms with E-state index in [2.05, 4.69) is 5.32 Å². The summed E-state index contributed by atoms with van der Waals surface area (Å²) >= 11 is 0. The van der Waals surface area contributed by atoms with Crippen LogP contribution in [-0.2, 0) is 17.6 Å². The maximum atomic E-state index is 12.6. The first kappa shape index (κ1) is 16.2. The largest absolute Gasteiger partial charge is 0.316 e. The van der Waals surface area contributed by atoms with E-state index < -0.39 is 5.91 Å². The molecule has 25 heavy (non-hydrogen) atoms. The van der Waals surface area contributed by atoms with Gasteiger partial charge in [0.2, 0.25) is 0 Å². The van der Waals surface area contributed by atoms with Crippen molar-refractivity contribution in [3.05, 3.63) is 58.8 Å². The lowest BCUT2D eigenvalue weighted by Gasteiger charge is -2.34. The Balaban J connectivity index is 1.56. The van der Waals surface area contributed by atoms with Gasteiger partial charge in [-0.05, 0) is 67.0 Å². The Hall–Kier alpha value is -2.24. The lowest BCUT2D eigenvalue weighted by atomic mass is 9.71. The van der Waals surface area contributed by atoms with E-state index in [9.17, 15) is 14.8 Å². The second kappa shape index (κ2) is 6.24. The van der Waals surface area contributed by atoms with E-state index in [0.717, 1.165) is 32.4 Å². The predicted octanol–water partition coefficient (Wildman–Crippen LogP) is 2.40. The number of hydroxylamine groups is 2. The van der Waals surface area contributed by atoms with Crippen LogP contribution in [0.2, 0.25) is 0 Å². The van der Waals surface area contributed by atoms with Crippen molar-refractivity contribution < 1.29 is 14.8 Å². The van der Waals surface area contributed by atoms with Crippen molar-refractivity contribution in [3.63, 3.8) is 0 Å². The fourth-order valence-corrected chi connectivity index (χ4v) is 4.17. The van der Waals surface area contributed by atoms with E-state index in [1.807, 2.05) is 12.1 Å². The Morgan fingerprint density at radius 1 is 1.24 bits per heavy atom. The van der Waals surface area contributed by atoms with Crippen molar-refractivity contribution in [1.82, 2.24) is 10.4 Å². The van der Waals surface area contributed by atoms with Gasteiger partial charge in [0.25, 0.3) is 5.91 Å². The summed E-state index contributed by atoms with van der Waals surface area (Å²) in [4.78, 5) is 24.4. The van der Waals surface area contributed by atoms with Gasteiger partial charge < -0.3 is 5.32 Å². The number of hydrogen-bond acceptors (Lipinski definition) is 4. The molecule has 1 spiro atoms. The predicted molar refractivity (Wildman–Crippen MR) is 93.2 cm³/mol. The standard InChI is InChI=1S/C20H22N2O3/c23-18-4-2-1-3-17(18)22(25)19(24)15-5-6-16-12-20(9-10-21-13-20)8-7-14(16)11-15/h1-3,5-6,11,21,25H,4,7-10,12-13H2/t20-/m0/s1. The van der Waals surface area contributed by atoms with E-state index in [1.165, 1.54) is 23.6 Å². The van der Waals surface area contributed by atoms with Gasteiger partial charge in [-0.15, -0.1) is 0 Å². The zero-order chi connectivity index (χ0) is 17.4. The summed E-state index contributed by atoms with van der Waals surface area (Å²) in [6.45, 7) is 2.16. The number of rotatable bonds is 2. The molecule has 1 amide bonds. The lowest BCUT2D eigenvalue weighted by molar-refractivity contribution is -0.120. The third kappa shape index (κ3) is 2.94. The van der Waals surface area contributed by atoms with Crippen LogP contribution in [0.3, 0.4) is 0 Å². The molecule has 1 aliphatic heterocycles. The number of amides is 1. The van der Waals surface area contributed by atoms with Crippen LogP contribution < -0.4 is 5.32 Å². The summed E-state index contributed by atoms with van der Waals surface area (Å²) in [6, 6.07) is 5.64. The minimum Gasteiger partial charge on any atom is -0.316 e. The number of allylic oxidation sites excluding steroid dienone is 4. The van der Waals surface area contributed by atoms with Gasteiger partial charge in [-0.2, -0.15) is 5.06 Å². The highest BCUT2D eigenvalue weighted by molar-refractivity contribution is 6.04. The number of nitrogens with zero attached hydrogens (tertiary/aromatic N) is 1. The Morgan fingerprint density at radius 2 is 2.12 bits per heavy atom. The van der Waals surface area contributed by atoms with Crippen LogP contribution in [0.5, 0.6) is 0 Å². The molecule has 5 heteroatoms. The second-order valence-electron chi connectivity index (χ2n) is 7.31. The smallest absolute Gasteiger partial charge is 0.282 e. The first-order chi connectivity index (χ1) is 12.1. The third-order valence-electron chi connectivity index (χ3n) is 5.68. The Labute approximate surface area is 147 Å². The molecule has 0 aromatic heterocycles. The fourth-order valence-electron chi connectivity index (χ4n) is 4.17. The Morgan fingerprint density at radius 3 is 2.88 bits per heavy atom. The molecule has 3 aliphatic rings. The van der Waals surface area contributed by atoms with E-state index in [0.29, 0.717) is 16.0 Å². The van der Waals surface area contributed by atoms with Crippen molar-refractivity contribution in [2.75, 3.05) is 13.1 Å². The molecule has 0 unspecified atom stereocenters. The molecule has 1 saturated heterocycles. The van der Waals surface area contributed by atoms with Crippen LogP contribution in [0, 0.1) is 5.41 Å². The van der Waals surface area contributed by atoms with Gasteiger partial charge in [0.15, 0.2) is 5.78 Å². The first-order valence-corrected chi connectivity index (χ1v) is 8.84. The molecule has 2 aliphatic carbocycles. The van der Waals surface area contributed by atoms with Crippen molar-refractivity contribution in [2.24, 2.45) is 5.41 Å². The molecule has 0 bridgehead atoms. The number of carbonyl (C=O) groups is 2. The van der Waals surface area contributed by atoms with Crippen LogP contribution in [-0.4, -0.2) is 35.1 Å². The van der Waals surface area contributed by atoms with E-state index >= 15 is 0 Å². The van der Waals surface area contributed by atoms with Gasteiger partial charge in [-0.1, -0.05) is 18.2 Å². The molecule has 1 aromatic rings. The molecule has 130 valence electrons. The summed E-state index contributed by atoms with van der Waals surface area (Å²) in [5, 5.41) is 14.1. The maximum Gasteiger partial charge on any atom is 0.282 e. The molecular weight excluding hydrogens is 316 g/mol. The van der Waals surface area contributed by atoms with Crippen LogP contribution >= 0.6 is 0 Å². The molecule has 5 nitrogen and oxygen atoms in total. The average molecular weight is 338 g/mol. The number of carbonyl (C=O) groups excluding carboxylic acids is 2. The van der Waals surface area contributed by atoms with Crippen molar-refractivity contribution in [1.29, 1.82) is 0 Å². The molecule has 1 heterocycles. The number of hydrogen-bond donors (Lipinski definition) is 2. The number of aryl methyl sites for hydroxylation is 1. The molecular formula is C20H22N2O3.